The molecule has 1 aliphatic rings. The van der Waals surface area contributed by atoms with Crippen molar-refractivity contribution in [2.24, 2.45) is 5.10 Å². The summed E-state index contributed by atoms with van der Waals surface area (Å²) >= 11 is 1.57. The molecular formula is C20H21N5O2S. The van der Waals surface area contributed by atoms with E-state index < -0.39 is 6.04 Å². The first-order valence-electron chi connectivity index (χ1n) is 9.04. The zero-order valence-electron chi connectivity index (χ0n) is 16.0. The molecule has 0 bridgehead atoms. The zero-order chi connectivity index (χ0) is 19.8. The maximum atomic E-state index is 13.0. The number of anilines is 1. The summed E-state index contributed by atoms with van der Waals surface area (Å²) in [7, 11) is 1.75. The Morgan fingerprint density at radius 1 is 1.29 bits per heavy atom. The predicted octanol–water partition coefficient (Wildman–Crippen LogP) is 2.89. The van der Waals surface area contributed by atoms with E-state index in [0.29, 0.717) is 18.7 Å². The molecule has 0 radical (unpaired) electrons. The monoisotopic (exact) mass is 395 g/mol. The number of aryl methyl sites for hydroxylation is 1. The topological polar surface area (TPSA) is 70.3 Å². The Balaban J connectivity index is 1.57. The lowest BCUT2D eigenvalue weighted by molar-refractivity contribution is -0.123. The number of imidazole rings is 1. The first kappa shape index (κ1) is 18.4. The van der Waals surface area contributed by atoms with Crippen LogP contribution in [-0.2, 0) is 16.1 Å². The van der Waals surface area contributed by atoms with E-state index in [2.05, 4.69) is 10.1 Å². The number of hydrogen-bond acceptors (Lipinski definition) is 6. The molecule has 0 fully saturated rings. The van der Waals surface area contributed by atoms with Gasteiger partial charge in [0.05, 0.1) is 23.6 Å². The van der Waals surface area contributed by atoms with Gasteiger partial charge in [-0.1, -0.05) is 18.2 Å². The third-order valence-corrected chi connectivity index (χ3v) is 5.70. The number of thiazole rings is 1. The van der Waals surface area contributed by atoms with Crippen molar-refractivity contribution >= 4 is 39.4 Å². The number of fused-ring (bicyclic) bond motifs is 1. The van der Waals surface area contributed by atoms with E-state index in [4.69, 9.17) is 0 Å². The van der Waals surface area contributed by atoms with E-state index in [1.54, 1.807) is 28.3 Å². The highest BCUT2D eigenvalue weighted by molar-refractivity contribution is 7.15. The molecule has 0 saturated carbocycles. The van der Waals surface area contributed by atoms with E-state index in [9.17, 15) is 9.59 Å². The second-order valence-electron chi connectivity index (χ2n) is 6.92. The largest absolute Gasteiger partial charge is 0.335 e. The zero-order valence-corrected chi connectivity index (χ0v) is 16.8. The quantitative estimate of drug-likeness (QED) is 0.666. The number of nitrogens with zero attached hydrogens (tertiary/aromatic N) is 5. The van der Waals surface area contributed by atoms with Crippen LogP contribution in [0.4, 0.5) is 5.69 Å². The first-order chi connectivity index (χ1) is 13.5. The number of hydrazone groups is 1. The smallest absolute Gasteiger partial charge is 0.270 e. The molecule has 0 spiro atoms. The molecule has 3 heterocycles. The predicted molar refractivity (Wildman–Crippen MR) is 110 cm³/mol. The molecule has 4 rings (SSSR count). The van der Waals surface area contributed by atoms with E-state index in [0.717, 1.165) is 22.0 Å². The van der Waals surface area contributed by atoms with Crippen LogP contribution in [-0.4, -0.2) is 44.8 Å². The Kier molecular flexibility index (Phi) is 4.72. The molecule has 2 aromatic heterocycles. The molecule has 1 atom stereocenters. The lowest BCUT2D eigenvalue weighted by Gasteiger charge is -2.20. The van der Waals surface area contributed by atoms with Gasteiger partial charge >= 0.3 is 0 Å². The number of benzene rings is 1. The standard InChI is InChI=1S/C20H21N5O2S/c1-13-18(24-9-10-28-20(24)21-13)12-23(3)19(27)16-11-17(14(2)26)25(22-16)15-7-5-4-6-8-15/h4-10,17H,11-12H2,1-3H3. The van der Waals surface area contributed by atoms with E-state index in [1.807, 2.05) is 53.2 Å². The molecule has 0 saturated heterocycles. The normalized spacial score (nSPS) is 16.5. The molecular weight excluding hydrogens is 374 g/mol. The average Bonchev–Trinajstić information content (AvgIpc) is 3.38. The number of aromatic nitrogens is 2. The SMILES string of the molecule is CC(=O)C1CC(C(=O)N(C)Cc2c(C)nc3sccn23)=NN1c1ccccc1. The molecule has 7 nitrogen and oxygen atoms in total. The van der Waals surface area contributed by atoms with Crippen LogP contribution in [0.2, 0.25) is 0 Å². The summed E-state index contributed by atoms with van der Waals surface area (Å²) in [6.07, 6.45) is 2.27. The van der Waals surface area contributed by atoms with E-state index in [1.165, 1.54) is 6.92 Å². The van der Waals surface area contributed by atoms with Crippen LogP contribution in [0.3, 0.4) is 0 Å². The minimum Gasteiger partial charge on any atom is -0.335 e. The van der Waals surface area contributed by atoms with Gasteiger partial charge < -0.3 is 4.90 Å². The van der Waals surface area contributed by atoms with Crippen molar-refractivity contribution in [3.63, 3.8) is 0 Å². The number of ketones is 1. The minimum absolute atomic E-state index is 0.00956. The highest BCUT2D eigenvalue weighted by Gasteiger charge is 2.35. The van der Waals surface area contributed by atoms with Gasteiger partial charge in [0.15, 0.2) is 10.7 Å². The van der Waals surface area contributed by atoms with Crippen LogP contribution >= 0.6 is 11.3 Å². The fourth-order valence-corrected chi connectivity index (χ4v) is 4.20. The Morgan fingerprint density at radius 2 is 2.04 bits per heavy atom. The Bertz CT molecular complexity index is 1070. The highest BCUT2D eigenvalue weighted by Crippen LogP contribution is 2.26. The number of carbonyl (C=O) groups is 2. The van der Waals surface area contributed by atoms with Crippen LogP contribution in [0.5, 0.6) is 0 Å². The molecule has 1 unspecified atom stereocenters. The Labute approximate surface area is 166 Å². The highest BCUT2D eigenvalue weighted by atomic mass is 32.1. The van der Waals surface area contributed by atoms with Crippen LogP contribution < -0.4 is 5.01 Å². The number of carbonyl (C=O) groups excluding carboxylic acids is 2. The van der Waals surface area contributed by atoms with E-state index >= 15 is 0 Å². The summed E-state index contributed by atoms with van der Waals surface area (Å²) in [5.41, 5.74) is 3.09. The number of para-hydroxylation sites is 1. The Hall–Kier alpha value is -3.00. The summed E-state index contributed by atoms with van der Waals surface area (Å²) in [6, 6.07) is 9.02. The summed E-state index contributed by atoms with van der Waals surface area (Å²) in [4.78, 5) is 32.3. The number of amides is 1. The summed E-state index contributed by atoms with van der Waals surface area (Å²) in [6.45, 7) is 3.91. The molecule has 1 aliphatic heterocycles. The minimum atomic E-state index is -0.449. The van der Waals surface area contributed by atoms with E-state index in [-0.39, 0.29) is 11.7 Å². The second kappa shape index (κ2) is 7.20. The molecule has 8 heteroatoms. The van der Waals surface area contributed by atoms with Gasteiger partial charge in [-0.25, -0.2) is 4.98 Å². The molecule has 0 aliphatic carbocycles. The van der Waals surface area contributed by atoms with Crippen molar-refractivity contribution in [3.8, 4) is 0 Å². The van der Waals surface area contributed by atoms with Gasteiger partial charge in [-0.15, -0.1) is 11.3 Å². The second-order valence-corrected chi connectivity index (χ2v) is 7.79. The van der Waals surface area contributed by atoms with Crippen molar-refractivity contribution < 1.29 is 9.59 Å². The van der Waals surface area contributed by atoms with Crippen molar-refractivity contribution in [1.82, 2.24) is 14.3 Å². The summed E-state index contributed by atoms with van der Waals surface area (Å²) < 4.78 is 2.01. The molecule has 1 aromatic carbocycles. The fraction of sp³-hybridized carbons (Fsp3) is 0.300. The molecule has 28 heavy (non-hydrogen) atoms. The number of Topliss-reactive ketones (excluding diaryl/α,β-unsaturated/α-hetero) is 1. The van der Waals surface area contributed by atoms with Gasteiger partial charge in [0.1, 0.15) is 11.8 Å². The van der Waals surface area contributed by atoms with Gasteiger partial charge in [0.2, 0.25) is 0 Å². The maximum Gasteiger partial charge on any atom is 0.270 e. The average molecular weight is 395 g/mol. The third-order valence-electron chi connectivity index (χ3n) is 4.94. The van der Waals surface area contributed by atoms with Crippen molar-refractivity contribution in [1.29, 1.82) is 0 Å². The van der Waals surface area contributed by atoms with Crippen molar-refractivity contribution in [2.45, 2.75) is 32.9 Å². The lowest BCUT2D eigenvalue weighted by atomic mass is 10.1. The molecule has 3 aromatic rings. The number of rotatable bonds is 5. The van der Waals surface area contributed by atoms with Crippen LogP contribution in [0.1, 0.15) is 24.7 Å². The van der Waals surface area contributed by atoms with Crippen LogP contribution in [0.25, 0.3) is 4.96 Å². The molecule has 144 valence electrons. The van der Waals surface area contributed by atoms with Gasteiger partial charge in [0.25, 0.3) is 5.91 Å². The van der Waals surface area contributed by atoms with Gasteiger partial charge in [-0.05, 0) is 26.0 Å². The van der Waals surface area contributed by atoms with Crippen molar-refractivity contribution in [2.75, 3.05) is 12.1 Å². The van der Waals surface area contributed by atoms with Gasteiger partial charge in [-0.3, -0.25) is 19.0 Å². The number of hydrogen-bond donors (Lipinski definition) is 0. The first-order valence-corrected chi connectivity index (χ1v) is 9.92. The maximum absolute atomic E-state index is 13.0. The van der Waals surface area contributed by atoms with Crippen LogP contribution in [0, 0.1) is 6.92 Å². The van der Waals surface area contributed by atoms with Crippen LogP contribution in [0.15, 0.2) is 47.0 Å². The molecule has 1 amide bonds. The van der Waals surface area contributed by atoms with Crippen molar-refractivity contribution in [3.05, 3.63) is 53.3 Å². The van der Waals surface area contributed by atoms with Gasteiger partial charge in [0, 0.05) is 25.0 Å². The summed E-state index contributed by atoms with van der Waals surface area (Å²) in [5, 5.41) is 8.14. The fourth-order valence-electron chi connectivity index (χ4n) is 3.42. The van der Waals surface area contributed by atoms with Gasteiger partial charge in [-0.2, -0.15) is 5.10 Å². The third kappa shape index (κ3) is 3.20. The lowest BCUT2D eigenvalue weighted by Crippen LogP contribution is -2.35. The summed E-state index contributed by atoms with van der Waals surface area (Å²) in [5.74, 6) is -0.182. The molecule has 0 N–H and O–H groups in total. The Morgan fingerprint density at radius 3 is 2.75 bits per heavy atom.